The van der Waals surface area contributed by atoms with Gasteiger partial charge >= 0.3 is 35.5 Å². The van der Waals surface area contributed by atoms with Gasteiger partial charge in [-0.3, -0.25) is 4.57 Å². The first kappa shape index (κ1) is 17.2. The molecule has 1 rings (SSSR count). The molecule has 0 bridgehead atoms. The maximum Gasteiger partial charge on any atom is 1.00 e. The monoisotopic (exact) mass is 276 g/mol. The molecule has 1 aliphatic rings. The van der Waals surface area contributed by atoms with Crippen LogP contribution in [-0.2, 0) is 13.9 Å². The molecular formula is C7H10NaO8P. The number of hydrogen-bond acceptors (Lipinski definition) is 6. The molecule has 8 nitrogen and oxygen atoms in total. The van der Waals surface area contributed by atoms with Crippen molar-refractivity contribution in [3.8, 4) is 0 Å². The van der Waals surface area contributed by atoms with Crippen LogP contribution in [-0.4, -0.2) is 44.5 Å². The summed E-state index contributed by atoms with van der Waals surface area (Å²) in [5.74, 6) is -1.36. The Kier molecular flexibility index (Phi) is 6.51. The molecule has 4 atom stereocenters. The second-order valence-corrected chi connectivity index (χ2v) is 4.45. The van der Waals surface area contributed by atoms with Crippen molar-refractivity contribution in [3.05, 3.63) is 11.6 Å². The third kappa shape index (κ3) is 5.17. The minimum absolute atomic E-state index is 0. The molecule has 17 heavy (non-hydrogen) atoms. The SMILES string of the molecule is O=C(O)C1=C[C@@H](OP(=O)([O-])O)[C@@H](O)[C@H](O)C1.[Na+]. The topological polar surface area (TPSA) is 147 Å². The number of phosphoric acid groups is 1. The van der Waals surface area contributed by atoms with E-state index in [0.717, 1.165) is 6.08 Å². The van der Waals surface area contributed by atoms with Crippen LogP contribution in [0.3, 0.4) is 0 Å². The van der Waals surface area contributed by atoms with Gasteiger partial charge in [0.25, 0.3) is 7.82 Å². The third-order valence-electron chi connectivity index (χ3n) is 2.05. The maximum absolute atomic E-state index is 10.6. The van der Waals surface area contributed by atoms with E-state index in [1.165, 1.54) is 0 Å². The molecule has 0 spiro atoms. The molecular weight excluding hydrogens is 266 g/mol. The van der Waals surface area contributed by atoms with E-state index < -0.39 is 32.1 Å². The van der Waals surface area contributed by atoms with Crippen molar-refractivity contribution in [2.45, 2.75) is 24.7 Å². The van der Waals surface area contributed by atoms with Gasteiger partial charge in [-0.1, -0.05) is 0 Å². The van der Waals surface area contributed by atoms with Crippen LogP contribution in [0.25, 0.3) is 0 Å². The van der Waals surface area contributed by atoms with E-state index in [-0.39, 0.29) is 41.6 Å². The fourth-order valence-electron chi connectivity index (χ4n) is 1.34. The first-order chi connectivity index (χ1) is 7.20. The van der Waals surface area contributed by atoms with Crippen LogP contribution in [0.1, 0.15) is 6.42 Å². The zero-order chi connectivity index (χ0) is 12.5. The molecule has 0 amide bonds. The number of phosphoric ester groups is 1. The van der Waals surface area contributed by atoms with Crippen molar-refractivity contribution in [1.82, 2.24) is 0 Å². The van der Waals surface area contributed by atoms with Crippen molar-refractivity contribution >= 4 is 13.8 Å². The van der Waals surface area contributed by atoms with E-state index >= 15 is 0 Å². The Bertz CT molecular complexity index is 363. The second-order valence-electron chi connectivity index (χ2n) is 3.30. The standard InChI is InChI=1S/C7H11O8P.Na/c8-4-1-3(7(10)11)2-5(6(4)9)15-16(12,13)14;/h2,4-6,8-9H,1H2,(H,10,11)(H2,12,13,14);/q;+1/p-1/t4-,5-,6+;/m1./s1. The Morgan fingerprint density at radius 3 is 2.47 bits per heavy atom. The van der Waals surface area contributed by atoms with E-state index in [0.29, 0.717) is 0 Å². The Hall–Kier alpha value is 0.240. The van der Waals surface area contributed by atoms with E-state index in [9.17, 15) is 24.5 Å². The minimum atomic E-state index is -5.11. The van der Waals surface area contributed by atoms with Gasteiger partial charge < -0.3 is 29.6 Å². The van der Waals surface area contributed by atoms with E-state index in [4.69, 9.17) is 10.00 Å². The fraction of sp³-hybridized carbons (Fsp3) is 0.571. The number of aliphatic carboxylic acids is 1. The molecule has 0 aromatic carbocycles. The number of aliphatic hydroxyl groups excluding tert-OH is 2. The van der Waals surface area contributed by atoms with Crippen LogP contribution in [0.5, 0.6) is 0 Å². The Morgan fingerprint density at radius 2 is 2.06 bits per heavy atom. The van der Waals surface area contributed by atoms with Crippen LogP contribution in [0, 0.1) is 0 Å². The van der Waals surface area contributed by atoms with Crippen LogP contribution in [0.15, 0.2) is 11.6 Å². The van der Waals surface area contributed by atoms with Gasteiger partial charge in [0.1, 0.15) is 12.2 Å². The second kappa shape index (κ2) is 6.42. The minimum Gasteiger partial charge on any atom is -0.756 e. The maximum atomic E-state index is 10.6. The summed E-state index contributed by atoms with van der Waals surface area (Å²) in [4.78, 5) is 29.4. The molecule has 92 valence electrons. The van der Waals surface area contributed by atoms with Crippen molar-refractivity contribution in [2.24, 2.45) is 0 Å². The van der Waals surface area contributed by atoms with Crippen molar-refractivity contribution in [2.75, 3.05) is 0 Å². The average molecular weight is 276 g/mol. The van der Waals surface area contributed by atoms with Gasteiger partial charge in [0.05, 0.1) is 6.10 Å². The molecule has 0 saturated carbocycles. The predicted molar refractivity (Wildman–Crippen MR) is 47.0 cm³/mol. The molecule has 10 heteroatoms. The largest absolute Gasteiger partial charge is 1.00 e. The van der Waals surface area contributed by atoms with Crippen molar-refractivity contribution in [3.63, 3.8) is 0 Å². The van der Waals surface area contributed by atoms with Gasteiger partial charge in [0.15, 0.2) is 0 Å². The molecule has 0 saturated heterocycles. The van der Waals surface area contributed by atoms with Gasteiger partial charge in [0, 0.05) is 12.0 Å². The van der Waals surface area contributed by atoms with Gasteiger partial charge in [-0.05, 0) is 6.08 Å². The summed E-state index contributed by atoms with van der Waals surface area (Å²) in [5.41, 5.74) is -0.295. The Morgan fingerprint density at radius 1 is 1.53 bits per heavy atom. The number of carboxylic acid groups (broad SMARTS) is 1. The molecule has 0 aromatic rings. The molecule has 0 aliphatic heterocycles. The third-order valence-corrected chi connectivity index (χ3v) is 2.56. The van der Waals surface area contributed by atoms with Gasteiger partial charge in [-0.15, -0.1) is 0 Å². The number of carboxylic acids is 1. The molecule has 0 aromatic heterocycles. The van der Waals surface area contributed by atoms with Crippen molar-refractivity contribution < 1.29 is 68.5 Å². The summed E-state index contributed by atoms with van der Waals surface area (Å²) in [7, 11) is -5.11. The number of hydrogen-bond donors (Lipinski definition) is 4. The summed E-state index contributed by atoms with van der Waals surface area (Å²) in [5, 5.41) is 27.2. The van der Waals surface area contributed by atoms with Crippen LogP contribution >= 0.6 is 7.82 Å². The predicted octanol–water partition coefficient (Wildman–Crippen LogP) is -5.03. The molecule has 4 N–H and O–H groups in total. The van der Waals surface area contributed by atoms with Gasteiger partial charge in [-0.25, -0.2) is 4.79 Å². The van der Waals surface area contributed by atoms with E-state index in [1.807, 2.05) is 0 Å². The summed E-state index contributed by atoms with van der Waals surface area (Å²) < 4.78 is 14.5. The zero-order valence-electron chi connectivity index (χ0n) is 8.89. The molecule has 0 fully saturated rings. The summed E-state index contributed by atoms with van der Waals surface area (Å²) >= 11 is 0. The Balaban J connectivity index is 0.00000256. The van der Waals surface area contributed by atoms with Gasteiger partial charge in [0.2, 0.25) is 0 Å². The number of rotatable bonds is 3. The molecule has 0 radical (unpaired) electrons. The first-order valence-corrected chi connectivity index (χ1v) is 5.72. The first-order valence-electron chi connectivity index (χ1n) is 4.23. The Labute approximate surface area is 118 Å². The number of aliphatic hydroxyl groups is 2. The van der Waals surface area contributed by atoms with Crippen LogP contribution in [0.2, 0.25) is 0 Å². The average Bonchev–Trinajstić information content (AvgIpc) is 2.10. The van der Waals surface area contributed by atoms with Crippen LogP contribution < -0.4 is 34.5 Å². The summed E-state index contributed by atoms with van der Waals surface area (Å²) in [6.07, 6.45) is -4.18. The quantitative estimate of drug-likeness (QED) is 0.296. The normalized spacial score (nSPS) is 32.0. The fourth-order valence-corrected chi connectivity index (χ4v) is 1.83. The van der Waals surface area contributed by atoms with Crippen LogP contribution in [0.4, 0.5) is 0 Å². The smallest absolute Gasteiger partial charge is 0.756 e. The van der Waals surface area contributed by atoms with Gasteiger partial charge in [-0.2, -0.15) is 0 Å². The van der Waals surface area contributed by atoms with E-state index in [2.05, 4.69) is 4.52 Å². The zero-order valence-corrected chi connectivity index (χ0v) is 11.8. The molecule has 1 aliphatic carbocycles. The van der Waals surface area contributed by atoms with E-state index in [1.54, 1.807) is 0 Å². The molecule has 1 unspecified atom stereocenters. The molecule has 0 heterocycles. The summed E-state index contributed by atoms with van der Waals surface area (Å²) in [6, 6.07) is 0. The number of carbonyl (C=O) groups is 1. The summed E-state index contributed by atoms with van der Waals surface area (Å²) in [6.45, 7) is 0. The van der Waals surface area contributed by atoms with Crippen molar-refractivity contribution in [1.29, 1.82) is 0 Å².